The zero-order chi connectivity index (χ0) is 13.2. The van der Waals surface area contributed by atoms with Crippen molar-refractivity contribution in [2.45, 2.75) is 20.0 Å². The predicted octanol–water partition coefficient (Wildman–Crippen LogP) is 3.01. The summed E-state index contributed by atoms with van der Waals surface area (Å²) in [6, 6.07) is 1.83. The molecule has 1 aromatic rings. The van der Waals surface area contributed by atoms with E-state index in [2.05, 4.69) is 0 Å². The molecule has 1 rings (SSSR count). The number of carbonyl (C=O) groups excluding carboxylic acids is 1. The lowest BCUT2D eigenvalue weighted by Crippen LogP contribution is -2.12. The first-order chi connectivity index (χ1) is 7.77. The highest BCUT2D eigenvalue weighted by Crippen LogP contribution is 2.40. The number of carbonyl (C=O) groups is 1. The second kappa shape index (κ2) is 4.65. The SMILES string of the molecule is CCOc1cc(O)c(C(F)(F)F)c(C(C)=O)c1. The summed E-state index contributed by atoms with van der Waals surface area (Å²) in [7, 11) is 0. The minimum absolute atomic E-state index is 0.0307. The molecule has 0 bridgehead atoms. The number of halogens is 3. The molecule has 0 atom stereocenters. The van der Waals surface area contributed by atoms with Crippen molar-refractivity contribution in [2.75, 3.05) is 6.61 Å². The smallest absolute Gasteiger partial charge is 0.420 e. The molecule has 0 aliphatic rings. The molecule has 3 nitrogen and oxygen atoms in total. The summed E-state index contributed by atoms with van der Waals surface area (Å²) in [6.45, 7) is 2.87. The molecule has 0 fully saturated rings. The first-order valence-corrected chi connectivity index (χ1v) is 4.85. The number of rotatable bonds is 3. The summed E-state index contributed by atoms with van der Waals surface area (Å²) in [4.78, 5) is 11.2. The van der Waals surface area contributed by atoms with Gasteiger partial charge in [0.05, 0.1) is 6.61 Å². The maximum Gasteiger partial charge on any atom is 0.420 e. The van der Waals surface area contributed by atoms with Crippen LogP contribution < -0.4 is 4.74 Å². The van der Waals surface area contributed by atoms with Gasteiger partial charge in [0, 0.05) is 11.6 Å². The Balaban J connectivity index is 3.44. The van der Waals surface area contributed by atoms with Gasteiger partial charge >= 0.3 is 6.18 Å². The Bertz CT molecular complexity index is 438. The van der Waals surface area contributed by atoms with Crippen molar-refractivity contribution in [1.29, 1.82) is 0 Å². The lowest BCUT2D eigenvalue weighted by atomic mass is 10.0. The molecule has 0 spiro atoms. The van der Waals surface area contributed by atoms with Crippen molar-refractivity contribution >= 4 is 5.78 Å². The number of phenols is 1. The van der Waals surface area contributed by atoms with E-state index in [0.29, 0.717) is 0 Å². The van der Waals surface area contributed by atoms with Crippen molar-refractivity contribution < 1.29 is 27.8 Å². The van der Waals surface area contributed by atoms with E-state index in [0.717, 1.165) is 19.1 Å². The van der Waals surface area contributed by atoms with Crippen molar-refractivity contribution in [3.05, 3.63) is 23.3 Å². The Labute approximate surface area is 95.8 Å². The van der Waals surface area contributed by atoms with Gasteiger partial charge in [-0.2, -0.15) is 13.2 Å². The van der Waals surface area contributed by atoms with Crippen molar-refractivity contribution in [3.63, 3.8) is 0 Å². The van der Waals surface area contributed by atoms with Crippen LogP contribution in [0.2, 0.25) is 0 Å². The highest BCUT2D eigenvalue weighted by molar-refractivity contribution is 5.97. The molecule has 0 heterocycles. The molecular formula is C11H11F3O3. The van der Waals surface area contributed by atoms with Crippen LogP contribution in [0.25, 0.3) is 0 Å². The summed E-state index contributed by atoms with van der Waals surface area (Å²) in [5, 5.41) is 9.33. The summed E-state index contributed by atoms with van der Waals surface area (Å²) < 4.78 is 42.9. The standard InChI is InChI=1S/C11H11F3O3/c1-3-17-7-4-8(6(2)15)10(9(16)5-7)11(12,13)14/h4-5,16H,3H2,1-2H3. The maximum atomic E-state index is 12.6. The molecular weight excluding hydrogens is 237 g/mol. The molecule has 1 aromatic carbocycles. The van der Waals surface area contributed by atoms with Gasteiger partial charge in [-0.25, -0.2) is 0 Å². The van der Waals surface area contributed by atoms with E-state index >= 15 is 0 Å². The minimum atomic E-state index is -4.78. The van der Waals surface area contributed by atoms with Gasteiger partial charge in [0.1, 0.15) is 17.1 Å². The van der Waals surface area contributed by atoms with Crippen LogP contribution >= 0.6 is 0 Å². The lowest BCUT2D eigenvalue weighted by Gasteiger charge is -2.14. The Kier molecular flexibility index (Phi) is 3.65. The summed E-state index contributed by atoms with van der Waals surface area (Å²) in [5.74, 6) is -1.76. The fourth-order valence-electron chi connectivity index (χ4n) is 1.43. The number of Topliss-reactive ketones (excluding diaryl/α,β-unsaturated/α-hetero) is 1. The Morgan fingerprint density at radius 1 is 1.41 bits per heavy atom. The molecule has 0 saturated carbocycles. The van der Waals surface area contributed by atoms with Crippen LogP contribution in [0.5, 0.6) is 11.5 Å². The molecule has 0 aliphatic heterocycles. The van der Waals surface area contributed by atoms with Gasteiger partial charge in [-0.15, -0.1) is 0 Å². The number of hydrogen-bond acceptors (Lipinski definition) is 3. The van der Waals surface area contributed by atoms with Crippen LogP contribution in [0.1, 0.15) is 29.8 Å². The van der Waals surface area contributed by atoms with Crippen LogP contribution in [0.3, 0.4) is 0 Å². The van der Waals surface area contributed by atoms with Crippen molar-refractivity contribution in [2.24, 2.45) is 0 Å². The zero-order valence-electron chi connectivity index (χ0n) is 9.26. The van der Waals surface area contributed by atoms with Gasteiger partial charge in [0.15, 0.2) is 5.78 Å². The largest absolute Gasteiger partial charge is 0.507 e. The molecule has 17 heavy (non-hydrogen) atoms. The predicted molar refractivity (Wildman–Crippen MR) is 54.3 cm³/mol. The molecule has 94 valence electrons. The average molecular weight is 248 g/mol. The number of ether oxygens (including phenoxy) is 1. The van der Waals surface area contributed by atoms with Crippen LogP contribution in [0.4, 0.5) is 13.2 Å². The Morgan fingerprint density at radius 2 is 2.00 bits per heavy atom. The summed E-state index contributed by atoms with van der Waals surface area (Å²) in [5.41, 5.74) is -1.92. The highest BCUT2D eigenvalue weighted by Gasteiger charge is 2.38. The van der Waals surface area contributed by atoms with Crippen LogP contribution in [0, 0.1) is 0 Å². The van der Waals surface area contributed by atoms with E-state index in [-0.39, 0.29) is 12.4 Å². The van der Waals surface area contributed by atoms with E-state index in [9.17, 15) is 23.1 Å². The number of phenolic OH excluding ortho intramolecular Hbond substituents is 1. The van der Waals surface area contributed by atoms with Gasteiger partial charge in [-0.05, 0) is 19.9 Å². The normalized spacial score (nSPS) is 11.4. The van der Waals surface area contributed by atoms with Crippen molar-refractivity contribution in [1.82, 2.24) is 0 Å². The van der Waals surface area contributed by atoms with E-state index in [1.165, 1.54) is 0 Å². The van der Waals surface area contributed by atoms with E-state index in [1.807, 2.05) is 0 Å². The maximum absolute atomic E-state index is 12.6. The number of alkyl halides is 3. The first-order valence-electron chi connectivity index (χ1n) is 4.85. The fraction of sp³-hybridized carbons (Fsp3) is 0.364. The lowest BCUT2D eigenvalue weighted by molar-refractivity contribution is -0.139. The van der Waals surface area contributed by atoms with Crippen LogP contribution in [-0.2, 0) is 6.18 Å². The third kappa shape index (κ3) is 2.89. The number of aromatic hydroxyl groups is 1. The number of benzene rings is 1. The Hall–Kier alpha value is -1.72. The third-order valence-electron chi connectivity index (χ3n) is 2.06. The molecule has 0 unspecified atom stereocenters. The molecule has 0 aromatic heterocycles. The Morgan fingerprint density at radius 3 is 2.41 bits per heavy atom. The average Bonchev–Trinajstić information content (AvgIpc) is 2.14. The highest BCUT2D eigenvalue weighted by atomic mass is 19.4. The second-order valence-electron chi connectivity index (χ2n) is 3.35. The van der Waals surface area contributed by atoms with Gasteiger partial charge in [0.2, 0.25) is 0 Å². The fourth-order valence-corrected chi connectivity index (χ4v) is 1.43. The van der Waals surface area contributed by atoms with E-state index < -0.39 is 28.8 Å². The van der Waals surface area contributed by atoms with Gasteiger partial charge < -0.3 is 9.84 Å². The third-order valence-corrected chi connectivity index (χ3v) is 2.06. The van der Waals surface area contributed by atoms with Gasteiger partial charge in [-0.3, -0.25) is 4.79 Å². The number of hydrogen-bond donors (Lipinski definition) is 1. The monoisotopic (exact) mass is 248 g/mol. The van der Waals surface area contributed by atoms with Crippen LogP contribution in [-0.4, -0.2) is 17.5 Å². The van der Waals surface area contributed by atoms with Crippen molar-refractivity contribution in [3.8, 4) is 11.5 Å². The molecule has 0 radical (unpaired) electrons. The minimum Gasteiger partial charge on any atom is -0.507 e. The quantitative estimate of drug-likeness (QED) is 0.836. The second-order valence-corrected chi connectivity index (χ2v) is 3.35. The summed E-state index contributed by atoms with van der Waals surface area (Å²) >= 11 is 0. The van der Waals surface area contributed by atoms with Crippen LogP contribution in [0.15, 0.2) is 12.1 Å². The zero-order valence-corrected chi connectivity index (χ0v) is 9.26. The summed E-state index contributed by atoms with van der Waals surface area (Å²) in [6.07, 6.45) is -4.78. The van der Waals surface area contributed by atoms with Gasteiger partial charge in [-0.1, -0.05) is 0 Å². The molecule has 1 N–H and O–H groups in total. The first kappa shape index (κ1) is 13.3. The molecule has 0 saturated heterocycles. The molecule has 0 amide bonds. The molecule has 0 aliphatic carbocycles. The van der Waals surface area contributed by atoms with Gasteiger partial charge in [0.25, 0.3) is 0 Å². The van der Waals surface area contributed by atoms with E-state index in [4.69, 9.17) is 4.74 Å². The number of ketones is 1. The van der Waals surface area contributed by atoms with E-state index in [1.54, 1.807) is 6.92 Å². The molecule has 6 heteroatoms. The topological polar surface area (TPSA) is 46.5 Å².